The van der Waals surface area contributed by atoms with Crippen LogP contribution in [-0.4, -0.2) is 30.4 Å². The van der Waals surface area contributed by atoms with Crippen molar-refractivity contribution in [2.75, 3.05) is 19.6 Å². The van der Waals surface area contributed by atoms with Crippen LogP contribution in [-0.2, 0) is 0 Å². The average molecular weight is 300 g/mol. The quantitative estimate of drug-likeness (QED) is 0.919. The largest absolute Gasteiger partial charge is 0.349 e. The Morgan fingerprint density at radius 2 is 1.90 bits per heavy atom. The van der Waals surface area contributed by atoms with Crippen LogP contribution in [0.15, 0.2) is 47.8 Å². The van der Waals surface area contributed by atoms with Gasteiger partial charge in [-0.25, -0.2) is 0 Å². The van der Waals surface area contributed by atoms with E-state index in [2.05, 4.69) is 34.5 Å². The molecule has 3 rings (SSSR count). The van der Waals surface area contributed by atoms with Gasteiger partial charge in [0, 0.05) is 6.54 Å². The average Bonchev–Trinajstić information content (AvgIpc) is 3.22. The van der Waals surface area contributed by atoms with E-state index in [1.54, 1.807) is 0 Å². The summed E-state index contributed by atoms with van der Waals surface area (Å²) in [7, 11) is 0. The summed E-state index contributed by atoms with van der Waals surface area (Å²) in [6.07, 6.45) is 2.50. The minimum atomic E-state index is 0.0325. The maximum absolute atomic E-state index is 12.1. The molecule has 1 atom stereocenters. The van der Waals surface area contributed by atoms with Gasteiger partial charge in [-0.05, 0) is 42.9 Å². The fourth-order valence-electron chi connectivity index (χ4n) is 2.87. The van der Waals surface area contributed by atoms with Crippen molar-refractivity contribution in [2.45, 2.75) is 18.9 Å². The number of thiophene rings is 1. The number of nitrogens with zero attached hydrogens (tertiary/aromatic N) is 1. The zero-order chi connectivity index (χ0) is 14.5. The molecular formula is C17H20N2OS. The maximum Gasteiger partial charge on any atom is 0.261 e. The first-order valence-corrected chi connectivity index (χ1v) is 8.33. The van der Waals surface area contributed by atoms with Crippen LogP contribution in [0.1, 0.15) is 34.1 Å². The Bertz CT molecular complexity index is 562. The van der Waals surface area contributed by atoms with E-state index >= 15 is 0 Å². The normalized spacial score (nSPS) is 16.8. The van der Waals surface area contributed by atoms with Gasteiger partial charge in [-0.3, -0.25) is 9.69 Å². The third-order valence-corrected chi connectivity index (χ3v) is 4.84. The van der Waals surface area contributed by atoms with Gasteiger partial charge >= 0.3 is 0 Å². The summed E-state index contributed by atoms with van der Waals surface area (Å²) in [6.45, 7) is 2.91. The number of benzene rings is 1. The summed E-state index contributed by atoms with van der Waals surface area (Å²) in [5, 5.41) is 5.02. The standard InChI is InChI=1S/C17H20N2OS/c20-17(16-9-6-12-21-16)18-13-15(19-10-4-5-11-19)14-7-2-1-3-8-14/h1-3,6-9,12,15H,4-5,10-11,13H2,(H,18,20). The van der Waals surface area contributed by atoms with Gasteiger partial charge in [-0.2, -0.15) is 0 Å². The summed E-state index contributed by atoms with van der Waals surface area (Å²) < 4.78 is 0. The molecule has 0 spiro atoms. The van der Waals surface area contributed by atoms with Crippen molar-refractivity contribution in [2.24, 2.45) is 0 Å². The number of nitrogens with one attached hydrogen (secondary N) is 1. The van der Waals surface area contributed by atoms with Crippen molar-refractivity contribution in [3.63, 3.8) is 0 Å². The molecular weight excluding hydrogens is 280 g/mol. The Balaban J connectivity index is 1.69. The zero-order valence-corrected chi connectivity index (χ0v) is 12.8. The summed E-state index contributed by atoms with van der Waals surface area (Å²) in [6, 6.07) is 14.5. The lowest BCUT2D eigenvalue weighted by atomic mass is 10.1. The van der Waals surface area contributed by atoms with Gasteiger partial charge in [-0.1, -0.05) is 36.4 Å². The van der Waals surface area contributed by atoms with Gasteiger partial charge in [0.05, 0.1) is 10.9 Å². The van der Waals surface area contributed by atoms with E-state index in [9.17, 15) is 4.79 Å². The van der Waals surface area contributed by atoms with E-state index in [1.807, 2.05) is 23.6 Å². The fourth-order valence-corrected chi connectivity index (χ4v) is 3.51. The number of hydrogen-bond donors (Lipinski definition) is 1. The molecule has 21 heavy (non-hydrogen) atoms. The molecule has 1 aromatic heterocycles. The molecule has 0 radical (unpaired) electrons. The van der Waals surface area contributed by atoms with Crippen molar-refractivity contribution in [3.8, 4) is 0 Å². The first kappa shape index (κ1) is 14.3. The van der Waals surface area contributed by atoms with Crippen LogP contribution in [0.3, 0.4) is 0 Å². The molecule has 0 aliphatic carbocycles. The van der Waals surface area contributed by atoms with Crippen molar-refractivity contribution >= 4 is 17.2 Å². The number of carbonyl (C=O) groups excluding carboxylic acids is 1. The molecule has 4 heteroatoms. The van der Waals surface area contributed by atoms with Crippen LogP contribution in [0.5, 0.6) is 0 Å². The van der Waals surface area contributed by atoms with E-state index in [4.69, 9.17) is 0 Å². The first-order chi connectivity index (χ1) is 10.3. The SMILES string of the molecule is O=C(NCC(c1ccccc1)N1CCCC1)c1cccs1. The molecule has 110 valence electrons. The number of carbonyl (C=O) groups is 1. The van der Waals surface area contributed by atoms with Gasteiger partial charge in [0.2, 0.25) is 0 Å². The summed E-state index contributed by atoms with van der Waals surface area (Å²) in [4.78, 5) is 15.4. The highest BCUT2D eigenvalue weighted by atomic mass is 32.1. The highest BCUT2D eigenvalue weighted by Crippen LogP contribution is 2.24. The molecule has 1 aromatic carbocycles. The minimum Gasteiger partial charge on any atom is -0.349 e. The van der Waals surface area contributed by atoms with Gasteiger partial charge < -0.3 is 5.32 Å². The third-order valence-electron chi connectivity index (χ3n) is 3.97. The topological polar surface area (TPSA) is 32.3 Å². The maximum atomic E-state index is 12.1. The van der Waals surface area contributed by atoms with E-state index in [0.29, 0.717) is 6.54 Å². The van der Waals surface area contributed by atoms with Crippen molar-refractivity contribution < 1.29 is 4.79 Å². The number of rotatable bonds is 5. The second-order valence-electron chi connectivity index (χ2n) is 5.36. The minimum absolute atomic E-state index is 0.0325. The molecule has 0 bridgehead atoms. The number of amides is 1. The van der Waals surface area contributed by atoms with Crippen molar-refractivity contribution in [1.29, 1.82) is 0 Å². The number of likely N-dealkylation sites (tertiary alicyclic amines) is 1. The summed E-state index contributed by atoms with van der Waals surface area (Å²) in [5.74, 6) is 0.0325. The van der Waals surface area contributed by atoms with Crippen LogP contribution < -0.4 is 5.32 Å². The predicted octanol–water partition coefficient (Wildman–Crippen LogP) is 3.32. The van der Waals surface area contributed by atoms with Crippen LogP contribution in [0.4, 0.5) is 0 Å². The van der Waals surface area contributed by atoms with Crippen LogP contribution in [0.2, 0.25) is 0 Å². The van der Waals surface area contributed by atoms with Crippen LogP contribution in [0.25, 0.3) is 0 Å². The van der Waals surface area contributed by atoms with Crippen molar-refractivity contribution in [1.82, 2.24) is 10.2 Å². The molecule has 1 aliphatic rings. The lowest BCUT2D eigenvalue weighted by Gasteiger charge is -2.28. The molecule has 2 heterocycles. The molecule has 0 saturated carbocycles. The molecule has 1 fully saturated rings. The molecule has 2 aromatic rings. The number of hydrogen-bond acceptors (Lipinski definition) is 3. The lowest BCUT2D eigenvalue weighted by molar-refractivity contribution is 0.0942. The second kappa shape index (κ2) is 6.87. The van der Waals surface area contributed by atoms with Crippen LogP contribution >= 0.6 is 11.3 Å². The second-order valence-corrected chi connectivity index (χ2v) is 6.30. The highest BCUT2D eigenvalue weighted by molar-refractivity contribution is 7.12. The van der Waals surface area contributed by atoms with Gasteiger partial charge in [0.15, 0.2) is 0 Å². The molecule has 1 N–H and O–H groups in total. The fraction of sp³-hybridized carbons (Fsp3) is 0.353. The Morgan fingerprint density at radius 3 is 2.57 bits per heavy atom. The lowest BCUT2D eigenvalue weighted by Crippen LogP contribution is -2.36. The Morgan fingerprint density at radius 1 is 1.14 bits per heavy atom. The summed E-state index contributed by atoms with van der Waals surface area (Å²) in [5.41, 5.74) is 1.28. The van der Waals surface area contributed by atoms with Gasteiger partial charge in [0.25, 0.3) is 5.91 Å². The van der Waals surface area contributed by atoms with Crippen LogP contribution in [0, 0.1) is 0 Å². The Hall–Kier alpha value is -1.65. The third kappa shape index (κ3) is 3.52. The predicted molar refractivity (Wildman–Crippen MR) is 86.6 cm³/mol. The van der Waals surface area contributed by atoms with E-state index in [0.717, 1.165) is 18.0 Å². The highest BCUT2D eigenvalue weighted by Gasteiger charge is 2.23. The molecule has 1 saturated heterocycles. The smallest absolute Gasteiger partial charge is 0.261 e. The van der Waals surface area contributed by atoms with E-state index < -0.39 is 0 Å². The molecule has 1 aliphatic heterocycles. The molecule has 3 nitrogen and oxygen atoms in total. The monoisotopic (exact) mass is 300 g/mol. The van der Waals surface area contributed by atoms with Gasteiger partial charge in [0.1, 0.15) is 0 Å². The Kier molecular flexibility index (Phi) is 4.68. The van der Waals surface area contributed by atoms with E-state index in [-0.39, 0.29) is 11.9 Å². The first-order valence-electron chi connectivity index (χ1n) is 7.45. The van der Waals surface area contributed by atoms with E-state index in [1.165, 1.54) is 29.7 Å². The molecule has 1 unspecified atom stereocenters. The molecule has 1 amide bonds. The van der Waals surface area contributed by atoms with Crippen molar-refractivity contribution in [3.05, 3.63) is 58.3 Å². The zero-order valence-electron chi connectivity index (χ0n) is 12.0. The van der Waals surface area contributed by atoms with Gasteiger partial charge in [-0.15, -0.1) is 11.3 Å². The Labute approximate surface area is 129 Å². The summed E-state index contributed by atoms with van der Waals surface area (Å²) >= 11 is 1.49.